The Kier molecular flexibility index (Phi) is 3.26. The first kappa shape index (κ1) is 10.8. The number of nitrogens with one attached hydrogen (secondary N) is 1. The minimum atomic E-state index is -0.145. The van der Waals surface area contributed by atoms with Gasteiger partial charge in [0.25, 0.3) is 5.91 Å². The molecule has 0 radical (unpaired) electrons. The topological polar surface area (TPSA) is 54.9 Å². The highest BCUT2D eigenvalue weighted by Crippen LogP contribution is 2.07. The first-order chi connectivity index (χ1) is 7.75. The number of nitrogens with zero attached hydrogens (tertiary/aromatic N) is 2. The molecular weight excluding hydrogens is 222 g/mol. The van der Waals surface area contributed by atoms with Crippen LogP contribution in [0.3, 0.4) is 0 Å². The predicted octanol–water partition coefficient (Wildman–Crippen LogP) is 1.78. The molecule has 0 fully saturated rings. The van der Waals surface area contributed by atoms with Crippen molar-refractivity contribution in [3.63, 3.8) is 0 Å². The Hall–Kier alpha value is -1.75. The van der Waals surface area contributed by atoms with Crippen molar-refractivity contribution in [2.45, 2.75) is 13.5 Å². The smallest absolute Gasteiger partial charge is 0.271 e. The van der Waals surface area contributed by atoms with E-state index < -0.39 is 0 Å². The van der Waals surface area contributed by atoms with Crippen LogP contribution >= 0.6 is 11.5 Å². The second-order valence-electron chi connectivity index (χ2n) is 3.37. The standard InChI is InChI=1S/C11H11N3OS/c1-8-5-10(14-16-8)11(15)13-7-9-3-2-4-12-6-9/h2-6H,7H2,1H3,(H,13,15). The van der Waals surface area contributed by atoms with E-state index in [1.54, 1.807) is 18.5 Å². The molecule has 0 atom stereocenters. The second kappa shape index (κ2) is 4.85. The van der Waals surface area contributed by atoms with E-state index in [-0.39, 0.29) is 5.91 Å². The van der Waals surface area contributed by atoms with E-state index in [1.807, 2.05) is 19.1 Å². The maximum absolute atomic E-state index is 11.6. The Balaban J connectivity index is 1.94. The lowest BCUT2D eigenvalue weighted by Gasteiger charge is -2.02. The average molecular weight is 233 g/mol. The van der Waals surface area contributed by atoms with Crippen LogP contribution in [-0.4, -0.2) is 15.3 Å². The molecule has 2 heterocycles. The van der Waals surface area contributed by atoms with Crippen molar-refractivity contribution in [1.29, 1.82) is 0 Å². The van der Waals surface area contributed by atoms with Crippen LogP contribution in [0, 0.1) is 6.92 Å². The highest BCUT2D eigenvalue weighted by Gasteiger charge is 2.08. The number of hydrogen-bond acceptors (Lipinski definition) is 4. The molecule has 2 aromatic rings. The largest absolute Gasteiger partial charge is 0.347 e. The van der Waals surface area contributed by atoms with Gasteiger partial charge in [0, 0.05) is 23.8 Å². The lowest BCUT2D eigenvalue weighted by Crippen LogP contribution is -2.22. The zero-order valence-corrected chi connectivity index (χ0v) is 9.62. The highest BCUT2D eigenvalue weighted by atomic mass is 32.1. The third kappa shape index (κ3) is 2.64. The van der Waals surface area contributed by atoms with Gasteiger partial charge in [-0.1, -0.05) is 6.07 Å². The average Bonchev–Trinajstić information content (AvgIpc) is 2.74. The molecule has 82 valence electrons. The Labute approximate surface area is 97.5 Å². The molecule has 0 saturated heterocycles. The Morgan fingerprint density at radius 3 is 3.06 bits per heavy atom. The van der Waals surface area contributed by atoms with Crippen molar-refractivity contribution in [2.75, 3.05) is 0 Å². The van der Waals surface area contributed by atoms with E-state index in [0.29, 0.717) is 12.2 Å². The molecule has 2 aromatic heterocycles. The summed E-state index contributed by atoms with van der Waals surface area (Å²) in [4.78, 5) is 16.7. The summed E-state index contributed by atoms with van der Waals surface area (Å²) >= 11 is 1.33. The van der Waals surface area contributed by atoms with Crippen molar-refractivity contribution in [3.8, 4) is 0 Å². The second-order valence-corrected chi connectivity index (χ2v) is 4.38. The number of aryl methyl sites for hydroxylation is 1. The van der Waals surface area contributed by atoms with Crippen molar-refractivity contribution >= 4 is 17.4 Å². The van der Waals surface area contributed by atoms with Gasteiger partial charge in [0.05, 0.1) is 0 Å². The fraction of sp³-hybridized carbons (Fsp3) is 0.182. The third-order valence-electron chi connectivity index (χ3n) is 2.04. The van der Waals surface area contributed by atoms with Crippen molar-refractivity contribution in [1.82, 2.24) is 14.7 Å². The van der Waals surface area contributed by atoms with Gasteiger partial charge in [0.1, 0.15) is 5.69 Å². The molecule has 5 heteroatoms. The molecule has 0 aromatic carbocycles. The van der Waals surface area contributed by atoms with Crippen LogP contribution in [0.5, 0.6) is 0 Å². The summed E-state index contributed by atoms with van der Waals surface area (Å²) in [7, 11) is 0. The van der Waals surface area contributed by atoms with Gasteiger partial charge in [0.15, 0.2) is 0 Å². The van der Waals surface area contributed by atoms with E-state index >= 15 is 0 Å². The molecule has 0 bridgehead atoms. The Morgan fingerprint density at radius 1 is 1.56 bits per heavy atom. The molecule has 0 saturated carbocycles. The van der Waals surface area contributed by atoms with Crippen LogP contribution in [0.15, 0.2) is 30.6 Å². The first-order valence-corrected chi connectivity index (χ1v) is 5.63. The van der Waals surface area contributed by atoms with Gasteiger partial charge < -0.3 is 5.32 Å². The van der Waals surface area contributed by atoms with Crippen LogP contribution in [0.25, 0.3) is 0 Å². The number of aromatic nitrogens is 2. The van der Waals surface area contributed by atoms with Gasteiger partial charge >= 0.3 is 0 Å². The van der Waals surface area contributed by atoms with Crippen molar-refractivity contribution in [2.24, 2.45) is 0 Å². The number of rotatable bonds is 3. The summed E-state index contributed by atoms with van der Waals surface area (Å²) in [6, 6.07) is 5.54. The molecule has 0 aliphatic carbocycles. The van der Waals surface area contributed by atoms with Gasteiger partial charge in [-0.2, -0.15) is 4.37 Å². The highest BCUT2D eigenvalue weighted by molar-refractivity contribution is 7.05. The number of amides is 1. The maximum atomic E-state index is 11.6. The molecule has 2 rings (SSSR count). The summed E-state index contributed by atoms with van der Waals surface area (Å²) in [6.07, 6.45) is 3.43. The number of carbonyl (C=O) groups excluding carboxylic acids is 1. The zero-order chi connectivity index (χ0) is 11.4. The molecule has 16 heavy (non-hydrogen) atoms. The van der Waals surface area contributed by atoms with Gasteiger partial charge in [-0.15, -0.1) is 0 Å². The molecule has 1 N–H and O–H groups in total. The molecule has 0 aliphatic rings. The minimum absolute atomic E-state index is 0.145. The zero-order valence-electron chi connectivity index (χ0n) is 8.80. The predicted molar refractivity (Wildman–Crippen MR) is 62.3 cm³/mol. The normalized spacial score (nSPS) is 10.1. The van der Waals surface area contributed by atoms with E-state index in [1.165, 1.54) is 11.5 Å². The Bertz CT molecular complexity index is 481. The maximum Gasteiger partial charge on any atom is 0.271 e. The van der Waals surface area contributed by atoms with E-state index in [2.05, 4.69) is 14.7 Å². The van der Waals surface area contributed by atoms with Crippen LogP contribution < -0.4 is 5.32 Å². The fourth-order valence-corrected chi connectivity index (χ4v) is 1.79. The summed E-state index contributed by atoms with van der Waals surface area (Å²) in [5.41, 5.74) is 1.45. The van der Waals surface area contributed by atoms with Crippen LogP contribution in [0.4, 0.5) is 0 Å². The van der Waals surface area contributed by atoms with Gasteiger partial charge in [0.2, 0.25) is 0 Å². The number of carbonyl (C=O) groups is 1. The molecule has 0 aliphatic heterocycles. The van der Waals surface area contributed by atoms with Gasteiger partial charge in [-0.05, 0) is 36.2 Å². The lowest BCUT2D eigenvalue weighted by molar-refractivity contribution is 0.0947. The quantitative estimate of drug-likeness (QED) is 0.879. The summed E-state index contributed by atoms with van der Waals surface area (Å²) in [6.45, 7) is 2.40. The van der Waals surface area contributed by atoms with Gasteiger partial charge in [-0.25, -0.2) is 0 Å². The van der Waals surface area contributed by atoms with Gasteiger partial charge in [-0.3, -0.25) is 9.78 Å². The van der Waals surface area contributed by atoms with Crippen molar-refractivity contribution in [3.05, 3.63) is 46.7 Å². The van der Waals surface area contributed by atoms with E-state index in [4.69, 9.17) is 0 Å². The fourth-order valence-electron chi connectivity index (χ4n) is 1.25. The number of hydrogen-bond donors (Lipinski definition) is 1. The summed E-state index contributed by atoms with van der Waals surface area (Å²) < 4.78 is 4.04. The molecular formula is C11H11N3OS. The SMILES string of the molecule is Cc1cc(C(=O)NCc2cccnc2)ns1. The van der Waals surface area contributed by atoms with E-state index in [0.717, 1.165) is 10.4 Å². The van der Waals surface area contributed by atoms with Crippen molar-refractivity contribution < 1.29 is 4.79 Å². The lowest BCUT2D eigenvalue weighted by atomic mass is 10.3. The van der Waals surface area contributed by atoms with E-state index in [9.17, 15) is 4.79 Å². The first-order valence-electron chi connectivity index (χ1n) is 4.86. The summed E-state index contributed by atoms with van der Waals surface area (Å²) in [5, 5.41) is 2.79. The Morgan fingerprint density at radius 2 is 2.44 bits per heavy atom. The summed E-state index contributed by atoms with van der Waals surface area (Å²) in [5.74, 6) is -0.145. The van der Waals surface area contributed by atoms with Crippen LogP contribution in [0.2, 0.25) is 0 Å². The van der Waals surface area contributed by atoms with Crippen LogP contribution in [-0.2, 0) is 6.54 Å². The number of pyridine rings is 1. The van der Waals surface area contributed by atoms with Crippen LogP contribution in [0.1, 0.15) is 20.9 Å². The molecule has 4 nitrogen and oxygen atoms in total. The molecule has 0 spiro atoms. The minimum Gasteiger partial charge on any atom is -0.347 e. The molecule has 1 amide bonds. The molecule has 0 unspecified atom stereocenters. The monoisotopic (exact) mass is 233 g/mol. The third-order valence-corrected chi connectivity index (χ3v) is 2.73.